The Morgan fingerprint density at radius 1 is 1.35 bits per heavy atom. The molecule has 0 bridgehead atoms. The molecule has 0 saturated carbocycles. The van der Waals surface area contributed by atoms with E-state index >= 15 is 0 Å². The first-order valence-electron chi connectivity index (χ1n) is 6.35. The van der Waals surface area contributed by atoms with E-state index in [1.807, 2.05) is 13.8 Å². The maximum absolute atomic E-state index is 12.1. The van der Waals surface area contributed by atoms with E-state index in [0.29, 0.717) is 13.0 Å². The minimum atomic E-state index is -0.154. The van der Waals surface area contributed by atoms with Crippen LogP contribution in [0.2, 0.25) is 0 Å². The molecule has 0 aromatic carbocycles. The molecule has 4 heteroatoms. The number of carbonyl (C=O) groups is 1. The lowest BCUT2D eigenvalue weighted by Crippen LogP contribution is -2.48. The highest BCUT2D eigenvalue weighted by atomic mass is 16.3. The number of hydrogen-bond donors (Lipinski definition) is 3. The Morgan fingerprint density at radius 2 is 1.88 bits per heavy atom. The number of nitrogens with two attached hydrogens (primary N) is 1. The molecule has 0 rings (SSSR count). The molecular formula is C13H28N2O2. The molecule has 0 aromatic heterocycles. The summed E-state index contributed by atoms with van der Waals surface area (Å²) in [6.45, 7) is 10.6. The molecular weight excluding hydrogens is 216 g/mol. The highest BCUT2D eigenvalue weighted by molar-refractivity contribution is 5.79. The van der Waals surface area contributed by atoms with Crippen LogP contribution in [0.25, 0.3) is 0 Å². The van der Waals surface area contributed by atoms with Crippen LogP contribution in [-0.4, -0.2) is 30.2 Å². The Balaban J connectivity index is 4.60. The average Bonchev–Trinajstić information content (AvgIpc) is 2.16. The quantitative estimate of drug-likeness (QED) is 0.655. The van der Waals surface area contributed by atoms with Crippen molar-refractivity contribution in [1.29, 1.82) is 0 Å². The number of nitrogens with one attached hydrogen (secondary N) is 1. The molecule has 0 aliphatic heterocycles. The van der Waals surface area contributed by atoms with Gasteiger partial charge in [0.05, 0.1) is 5.92 Å². The molecule has 0 aromatic rings. The van der Waals surface area contributed by atoms with E-state index in [1.165, 1.54) is 0 Å². The van der Waals surface area contributed by atoms with E-state index in [4.69, 9.17) is 10.8 Å². The summed E-state index contributed by atoms with van der Waals surface area (Å²) in [5.41, 5.74) is 5.56. The van der Waals surface area contributed by atoms with E-state index in [0.717, 1.165) is 0 Å². The van der Waals surface area contributed by atoms with Gasteiger partial charge in [0, 0.05) is 19.2 Å². The molecule has 2 atom stereocenters. The lowest BCUT2D eigenvalue weighted by molar-refractivity contribution is -0.127. The lowest BCUT2D eigenvalue weighted by atomic mass is 9.84. The first-order valence-corrected chi connectivity index (χ1v) is 6.35. The Kier molecular flexibility index (Phi) is 6.72. The molecule has 0 radical (unpaired) electrons. The third-order valence-corrected chi connectivity index (χ3v) is 3.18. The monoisotopic (exact) mass is 244 g/mol. The molecule has 4 N–H and O–H groups in total. The number of carbonyl (C=O) groups excluding carboxylic acids is 1. The zero-order valence-corrected chi connectivity index (χ0v) is 11.8. The molecule has 0 aliphatic carbocycles. The van der Waals surface area contributed by atoms with Gasteiger partial charge in [-0.2, -0.15) is 0 Å². The van der Waals surface area contributed by atoms with Crippen LogP contribution in [0.1, 0.15) is 41.0 Å². The molecule has 0 heterocycles. The fraction of sp³-hybridized carbons (Fsp3) is 0.923. The topological polar surface area (TPSA) is 75.4 Å². The molecule has 17 heavy (non-hydrogen) atoms. The van der Waals surface area contributed by atoms with Crippen molar-refractivity contribution in [3.63, 3.8) is 0 Å². The molecule has 102 valence electrons. The smallest absolute Gasteiger partial charge is 0.224 e. The van der Waals surface area contributed by atoms with Gasteiger partial charge >= 0.3 is 0 Å². The number of aliphatic hydroxyl groups is 1. The zero-order chi connectivity index (χ0) is 13.6. The second-order valence-electron chi connectivity index (χ2n) is 6.03. The number of amides is 1. The summed E-state index contributed by atoms with van der Waals surface area (Å²) >= 11 is 0. The normalized spacial score (nSPS) is 15.8. The average molecular weight is 244 g/mol. The predicted octanol–water partition coefficient (Wildman–Crippen LogP) is 1.13. The number of aliphatic hydroxyl groups excluding tert-OH is 1. The zero-order valence-electron chi connectivity index (χ0n) is 11.8. The van der Waals surface area contributed by atoms with Crippen LogP contribution >= 0.6 is 0 Å². The standard InChI is InChI=1S/C13H28N2O2/c1-9(2)10(8-14)12(17)15-11(6-7-16)13(3,4)5/h9-11,16H,6-8,14H2,1-5H3,(H,15,17). The van der Waals surface area contributed by atoms with E-state index < -0.39 is 0 Å². The van der Waals surface area contributed by atoms with Gasteiger partial charge in [-0.3, -0.25) is 4.79 Å². The maximum atomic E-state index is 12.1. The number of rotatable bonds is 6. The Labute approximate surface area is 105 Å². The summed E-state index contributed by atoms with van der Waals surface area (Å²) in [5.74, 6) is 0.0733. The van der Waals surface area contributed by atoms with Gasteiger partial charge in [-0.1, -0.05) is 34.6 Å². The first kappa shape index (κ1) is 16.4. The van der Waals surface area contributed by atoms with Crippen LogP contribution < -0.4 is 11.1 Å². The number of hydrogen-bond acceptors (Lipinski definition) is 3. The van der Waals surface area contributed by atoms with Gasteiger partial charge in [0.2, 0.25) is 5.91 Å². The van der Waals surface area contributed by atoms with Crippen molar-refractivity contribution in [1.82, 2.24) is 5.32 Å². The van der Waals surface area contributed by atoms with E-state index in [9.17, 15) is 4.79 Å². The van der Waals surface area contributed by atoms with Crippen molar-refractivity contribution in [2.24, 2.45) is 23.0 Å². The molecule has 0 spiro atoms. The van der Waals surface area contributed by atoms with Crippen LogP contribution in [0, 0.1) is 17.3 Å². The van der Waals surface area contributed by atoms with Crippen LogP contribution in [-0.2, 0) is 4.79 Å². The van der Waals surface area contributed by atoms with Gasteiger partial charge in [0.15, 0.2) is 0 Å². The van der Waals surface area contributed by atoms with Crippen LogP contribution in [0.15, 0.2) is 0 Å². The van der Waals surface area contributed by atoms with Crippen molar-refractivity contribution in [3.05, 3.63) is 0 Å². The first-order chi connectivity index (χ1) is 7.73. The molecule has 0 saturated heterocycles. The second kappa shape index (κ2) is 6.97. The summed E-state index contributed by atoms with van der Waals surface area (Å²) in [5, 5.41) is 12.1. The van der Waals surface area contributed by atoms with Crippen molar-refractivity contribution >= 4 is 5.91 Å². The SMILES string of the molecule is CC(C)C(CN)C(=O)NC(CCO)C(C)(C)C. The molecule has 4 nitrogen and oxygen atoms in total. The summed E-state index contributed by atoms with van der Waals surface area (Å²) in [6, 6.07) is -0.0206. The molecule has 0 fully saturated rings. The summed E-state index contributed by atoms with van der Waals surface area (Å²) in [4.78, 5) is 12.1. The largest absolute Gasteiger partial charge is 0.396 e. The van der Waals surface area contributed by atoms with Gasteiger partial charge in [0.1, 0.15) is 0 Å². The minimum Gasteiger partial charge on any atom is -0.396 e. The van der Waals surface area contributed by atoms with Crippen LogP contribution in [0.5, 0.6) is 0 Å². The van der Waals surface area contributed by atoms with Gasteiger partial charge in [0.25, 0.3) is 0 Å². The summed E-state index contributed by atoms with van der Waals surface area (Å²) < 4.78 is 0. The van der Waals surface area contributed by atoms with Crippen molar-refractivity contribution < 1.29 is 9.90 Å². The van der Waals surface area contributed by atoms with Crippen LogP contribution in [0.4, 0.5) is 0 Å². The van der Waals surface area contributed by atoms with Gasteiger partial charge in [-0.25, -0.2) is 0 Å². The third kappa shape index (κ3) is 5.50. The van der Waals surface area contributed by atoms with Crippen molar-refractivity contribution in [3.8, 4) is 0 Å². The molecule has 0 aliphatic rings. The van der Waals surface area contributed by atoms with E-state index in [2.05, 4.69) is 26.1 Å². The van der Waals surface area contributed by atoms with Crippen molar-refractivity contribution in [2.75, 3.05) is 13.2 Å². The lowest BCUT2D eigenvalue weighted by Gasteiger charge is -2.33. The summed E-state index contributed by atoms with van der Waals surface area (Å²) in [6.07, 6.45) is 0.574. The summed E-state index contributed by atoms with van der Waals surface area (Å²) in [7, 11) is 0. The fourth-order valence-electron chi connectivity index (χ4n) is 1.81. The maximum Gasteiger partial charge on any atom is 0.224 e. The molecule has 2 unspecified atom stereocenters. The van der Waals surface area contributed by atoms with E-state index in [-0.39, 0.29) is 35.8 Å². The Hall–Kier alpha value is -0.610. The highest BCUT2D eigenvalue weighted by Gasteiger charge is 2.29. The van der Waals surface area contributed by atoms with Gasteiger partial charge in [-0.15, -0.1) is 0 Å². The van der Waals surface area contributed by atoms with Crippen LogP contribution in [0.3, 0.4) is 0 Å². The minimum absolute atomic E-state index is 0.00382. The fourth-order valence-corrected chi connectivity index (χ4v) is 1.81. The van der Waals surface area contributed by atoms with Gasteiger partial charge < -0.3 is 16.2 Å². The third-order valence-electron chi connectivity index (χ3n) is 3.18. The molecule has 1 amide bonds. The van der Waals surface area contributed by atoms with Gasteiger partial charge in [-0.05, 0) is 17.8 Å². The highest BCUT2D eigenvalue weighted by Crippen LogP contribution is 2.22. The second-order valence-corrected chi connectivity index (χ2v) is 6.03. The predicted molar refractivity (Wildman–Crippen MR) is 70.5 cm³/mol. The Bertz CT molecular complexity index is 234. The van der Waals surface area contributed by atoms with E-state index in [1.54, 1.807) is 0 Å². The van der Waals surface area contributed by atoms with Crippen molar-refractivity contribution in [2.45, 2.75) is 47.1 Å². The Morgan fingerprint density at radius 3 is 2.18 bits per heavy atom.